The number of carbonyl (C=O) groups excluding carboxylic acids is 1. The van der Waals surface area contributed by atoms with Gasteiger partial charge in [0.1, 0.15) is 34.8 Å². The predicted molar refractivity (Wildman–Crippen MR) is 155 cm³/mol. The van der Waals surface area contributed by atoms with Crippen molar-refractivity contribution in [3.63, 3.8) is 0 Å². The molecule has 2 aliphatic heterocycles. The Morgan fingerprint density at radius 3 is 2.58 bits per heavy atom. The number of benzene rings is 2. The number of anilines is 1. The normalized spacial score (nSPS) is 18.0. The van der Waals surface area contributed by atoms with Crippen molar-refractivity contribution in [1.82, 2.24) is 5.32 Å². The SMILES string of the molecule is CCCc1ccc2oc(COc3ccc4c(c3)CCN4CC3(NC(=O)OC(C)(C)C)COC(C)(C)OC3)cc2c1. The van der Waals surface area contributed by atoms with Crippen LogP contribution in [0.4, 0.5) is 10.5 Å². The summed E-state index contributed by atoms with van der Waals surface area (Å²) in [4.78, 5) is 15.0. The molecule has 0 unspecified atom stereocenters. The average Bonchev–Trinajstić information content (AvgIpc) is 3.47. The molecular weight excluding hydrogens is 508 g/mol. The number of rotatable bonds is 8. The molecule has 1 N–H and O–H groups in total. The summed E-state index contributed by atoms with van der Waals surface area (Å²) < 4.78 is 29.7. The third kappa shape index (κ3) is 6.73. The summed E-state index contributed by atoms with van der Waals surface area (Å²) in [6, 6.07) is 14.6. The lowest BCUT2D eigenvalue weighted by molar-refractivity contribution is -0.269. The van der Waals surface area contributed by atoms with Crippen molar-refractivity contribution in [2.24, 2.45) is 0 Å². The molecule has 40 heavy (non-hydrogen) atoms. The fourth-order valence-corrected chi connectivity index (χ4v) is 5.31. The zero-order valence-corrected chi connectivity index (χ0v) is 24.6. The quantitative estimate of drug-likeness (QED) is 0.349. The average molecular weight is 551 g/mol. The molecule has 2 aromatic carbocycles. The molecule has 3 aromatic rings. The predicted octanol–water partition coefficient (Wildman–Crippen LogP) is 6.37. The van der Waals surface area contributed by atoms with Gasteiger partial charge in [0.2, 0.25) is 0 Å². The first kappa shape index (κ1) is 28.3. The minimum Gasteiger partial charge on any atom is -0.486 e. The summed E-state index contributed by atoms with van der Waals surface area (Å²) in [7, 11) is 0. The Morgan fingerprint density at radius 1 is 1.07 bits per heavy atom. The van der Waals surface area contributed by atoms with Crippen molar-refractivity contribution in [2.45, 2.75) is 84.3 Å². The van der Waals surface area contributed by atoms with E-state index in [4.69, 9.17) is 23.4 Å². The minimum absolute atomic E-state index is 0.323. The van der Waals surface area contributed by atoms with Gasteiger partial charge in [-0.2, -0.15) is 0 Å². The van der Waals surface area contributed by atoms with Gasteiger partial charge in [0.25, 0.3) is 0 Å². The zero-order chi connectivity index (χ0) is 28.5. The molecule has 8 heteroatoms. The number of nitrogens with zero attached hydrogens (tertiary/aromatic N) is 1. The highest BCUT2D eigenvalue weighted by Gasteiger charge is 2.44. The van der Waals surface area contributed by atoms with Crippen LogP contribution in [0.25, 0.3) is 11.0 Å². The summed E-state index contributed by atoms with van der Waals surface area (Å²) in [6.45, 7) is 13.9. The number of carbonyl (C=O) groups is 1. The second kappa shape index (κ2) is 11.0. The van der Waals surface area contributed by atoms with Gasteiger partial charge in [0.05, 0.1) is 13.2 Å². The topological polar surface area (TPSA) is 82.4 Å². The lowest BCUT2D eigenvalue weighted by Gasteiger charge is -2.45. The van der Waals surface area contributed by atoms with Crippen molar-refractivity contribution in [2.75, 3.05) is 31.2 Å². The summed E-state index contributed by atoms with van der Waals surface area (Å²) >= 11 is 0. The van der Waals surface area contributed by atoms with E-state index >= 15 is 0 Å². The first-order chi connectivity index (χ1) is 18.9. The van der Waals surface area contributed by atoms with Crippen LogP contribution in [0.5, 0.6) is 5.75 Å². The fourth-order valence-electron chi connectivity index (χ4n) is 5.31. The summed E-state index contributed by atoms with van der Waals surface area (Å²) in [6.07, 6.45) is 2.59. The Balaban J connectivity index is 1.26. The zero-order valence-electron chi connectivity index (χ0n) is 24.6. The van der Waals surface area contributed by atoms with E-state index in [2.05, 4.69) is 47.5 Å². The molecule has 1 fully saturated rings. The van der Waals surface area contributed by atoms with Crippen LogP contribution in [-0.2, 0) is 33.7 Å². The van der Waals surface area contributed by atoms with Gasteiger partial charge in [0, 0.05) is 24.2 Å². The number of ether oxygens (including phenoxy) is 4. The van der Waals surface area contributed by atoms with Crippen LogP contribution >= 0.6 is 0 Å². The number of hydrogen-bond acceptors (Lipinski definition) is 7. The lowest BCUT2D eigenvalue weighted by Crippen LogP contribution is -2.66. The van der Waals surface area contributed by atoms with E-state index < -0.39 is 23.0 Å². The van der Waals surface area contributed by atoms with E-state index in [-0.39, 0.29) is 0 Å². The number of alkyl carbamates (subject to hydrolysis) is 1. The van der Waals surface area contributed by atoms with Crippen LogP contribution in [0.2, 0.25) is 0 Å². The second-order valence-corrected chi connectivity index (χ2v) is 12.5. The summed E-state index contributed by atoms with van der Waals surface area (Å²) in [5.74, 6) is 0.910. The Hall–Kier alpha value is -3.23. The Bertz CT molecular complexity index is 1350. The van der Waals surface area contributed by atoms with Crippen molar-refractivity contribution in [3.05, 3.63) is 59.4 Å². The van der Waals surface area contributed by atoms with Gasteiger partial charge in [-0.3, -0.25) is 0 Å². The Morgan fingerprint density at radius 2 is 1.85 bits per heavy atom. The molecule has 0 radical (unpaired) electrons. The minimum atomic E-state index is -0.743. The standard InChI is InChI=1S/C32H42N2O6/c1-7-8-22-9-12-28-24(15-22)17-26(39-28)18-36-25-10-11-27-23(16-25)13-14-34(27)19-32(20-37-31(5,6)38-21-32)33-29(35)40-30(2,3)4/h9-12,15-17H,7-8,13-14,18-21H2,1-6H3,(H,33,35). The van der Waals surface area contributed by atoms with Crippen LogP contribution in [0.3, 0.4) is 0 Å². The van der Waals surface area contributed by atoms with Crippen LogP contribution < -0.4 is 15.0 Å². The molecule has 1 aromatic heterocycles. The van der Waals surface area contributed by atoms with Gasteiger partial charge in [-0.05, 0) is 95.0 Å². The van der Waals surface area contributed by atoms with Gasteiger partial charge >= 0.3 is 6.09 Å². The number of hydrogen-bond donors (Lipinski definition) is 1. The van der Waals surface area contributed by atoms with Crippen LogP contribution in [-0.4, -0.2) is 49.3 Å². The number of fused-ring (bicyclic) bond motifs is 2. The third-order valence-electron chi connectivity index (χ3n) is 7.25. The molecule has 1 saturated heterocycles. The van der Waals surface area contributed by atoms with Crippen molar-refractivity contribution < 1.29 is 28.2 Å². The maximum absolute atomic E-state index is 12.8. The van der Waals surface area contributed by atoms with E-state index in [0.29, 0.717) is 26.4 Å². The Labute approximate surface area is 236 Å². The van der Waals surface area contributed by atoms with Gasteiger partial charge in [-0.25, -0.2) is 4.79 Å². The molecule has 8 nitrogen and oxygen atoms in total. The van der Waals surface area contributed by atoms with Crippen molar-refractivity contribution in [1.29, 1.82) is 0 Å². The molecule has 0 spiro atoms. The maximum Gasteiger partial charge on any atom is 0.408 e. The van der Waals surface area contributed by atoms with Crippen molar-refractivity contribution in [3.8, 4) is 5.75 Å². The highest BCUT2D eigenvalue weighted by Crippen LogP contribution is 2.34. The van der Waals surface area contributed by atoms with E-state index in [0.717, 1.165) is 54.0 Å². The van der Waals surface area contributed by atoms with E-state index in [1.54, 1.807) is 0 Å². The summed E-state index contributed by atoms with van der Waals surface area (Å²) in [5, 5.41) is 4.18. The number of furan rings is 1. The van der Waals surface area contributed by atoms with Crippen molar-refractivity contribution >= 4 is 22.7 Å². The largest absolute Gasteiger partial charge is 0.486 e. The van der Waals surface area contributed by atoms with Gasteiger partial charge in [0.15, 0.2) is 5.79 Å². The number of aryl methyl sites for hydroxylation is 1. The van der Waals surface area contributed by atoms with E-state index in [9.17, 15) is 4.79 Å². The molecule has 0 atom stereocenters. The van der Waals surface area contributed by atoms with Crippen LogP contribution in [0.15, 0.2) is 46.9 Å². The molecule has 1 amide bonds. The number of amides is 1. The van der Waals surface area contributed by atoms with Gasteiger partial charge in [-0.1, -0.05) is 19.4 Å². The molecule has 2 aliphatic rings. The molecular formula is C32H42N2O6. The highest BCUT2D eigenvalue weighted by atomic mass is 16.7. The fraction of sp³-hybridized carbons (Fsp3) is 0.531. The first-order valence-electron chi connectivity index (χ1n) is 14.2. The summed E-state index contributed by atoms with van der Waals surface area (Å²) in [5.41, 5.74) is 3.19. The second-order valence-electron chi connectivity index (χ2n) is 12.5. The van der Waals surface area contributed by atoms with Gasteiger partial charge < -0.3 is 33.6 Å². The van der Waals surface area contributed by atoms with E-state index in [1.165, 1.54) is 11.1 Å². The third-order valence-corrected chi connectivity index (χ3v) is 7.25. The highest BCUT2D eigenvalue weighted by molar-refractivity contribution is 5.78. The molecule has 0 bridgehead atoms. The van der Waals surface area contributed by atoms with Crippen LogP contribution in [0.1, 0.15) is 64.9 Å². The molecule has 5 rings (SSSR count). The lowest BCUT2D eigenvalue weighted by atomic mass is 9.99. The van der Waals surface area contributed by atoms with Gasteiger partial charge in [-0.15, -0.1) is 0 Å². The number of nitrogens with one attached hydrogen (secondary N) is 1. The molecule has 0 aliphatic carbocycles. The molecule has 3 heterocycles. The van der Waals surface area contributed by atoms with Crippen LogP contribution in [0, 0.1) is 0 Å². The molecule has 0 saturated carbocycles. The first-order valence-corrected chi connectivity index (χ1v) is 14.2. The molecule has 216 valence electrons. The monoisotopic (exact) mass is 550 g/mol. The van der Waals surface area contributed by atoms with E-state index in [1.807, 2.05) is 46.8 Å². The maximum atomic E-state index is 12.8. The Kier molecular flexibility index (Phi) is 7.77. The smallest absolute Gasteiger partial charge is 0.408 e.